The van der Waals surface area contributed by atoms with Gasteiger partial charge in [0.1, 0.15) is 5.84 Å². The van der Waals surface area contributed by atoms with Crippen LogP contribution in [0.4, 0.5) is 10.1 Å². The number of nitrogens with one attached hydrogen (secondary N) is 1. The highest BCUT2D eigenvalue weighted by Crippen LogP contribution is 2.37. The molecule has 1 aromatic carbocycles. The molecule has 2 unspecified atom stereocenters. The zero-order chi connectivity index (χ0) is 26.2. The van der Waals surface area contributed by atoms with Crippen LogP contribution in [0.5, 0.6) is 0 Å². The fraction of sp³-hybridized carbons (Fsp3) is 0.276. The van der Waals surface area contributed by atoms with E-state index in [0.717, 1.165) is 47.1 Å². The second kappa shape index (κ2) is 12.5. The molecule has 1 saturated heterocycles. The Kier molecular flexibility index (Phi) is 8.95. The summed E-state index contributed by atoms with van der Waals surface area (Å²) in [6.07, 6.45) is 11.8. The van der Waals surface area contributed by atoms with E-state index in [-0.39, 0.29) is 6.04 Å². The molecule has 0 aliphatic carbocycles. The second-order valence-electron chi connectivity index (χ2n) is 8.84. The van der Waals surface area contributed by atoms with Crippen molar-refractivity contribution in [3.05, 3.63) is 101 Å². The van der Waals surface area contributed by atoms with Gasteiger partial charge in [0.05, 0.1) is 12.2 Å². The summed E-state index contributed by atoms with van der Waals surface area (Å²) in [4.78, 5) is 11.7. The summed E-state index contributed by atoms with van der Waals surface area (Å²) in [6, 6.07) is 10.5. The van der Waals surface area contributed by atoms with Gasteiger partial charge in [0.15, 0.2) is 6.30 Å². The van der Waals surface area contributed by atoms with E-state index in [1.807, 2.05) is 36.6 Å². The second-order valence-corrected chi connectivity index (χ2v) is 9.84. The Morgan fingerprint density at radius 3 is 2.97 bits per heavy atom. The molecule has 8 heteroatoms. The average Bonchev–Trinajstić information content (AvgIpc) is 3.54. The molecule has 4 rings (SSSR count). The van der Waals surface area contributed by atoms with Gasteiger partial charge in [-0.15, -0.1) is 0 Å². The topological polar surface area (TPSA) is 57.8 Å². The first kappa shape index (κ1) is 26.4. The van der Waals surface area contributed by atoms with Crippen molar-refractivity contribution in [2.45, 2.75) is 39.0 Å². The lowest BCUT2D eigenvalue weighted by Crippen LogP contribution is -2.34. The molecular weight excluding hydrogens is 483 g/mol. The van der Waals surface area contributed by atoms with E-state index < -0.39 is 6.30 Å². The first-order valence-corrected chi connectivity index (χ1v) is 13.2. The molecule has 1 N–H and O–H groups in total. The van der Waals surface area contributed by atoms with Gasteiger partial charge >= 0.3 is 0 Å². The first-order valence-electron chi connectivity index (χ1n) is 12.3. The van der Waals surface area contributed by atoms with Crippen molar-refractivity contribution in [2.24, 2.45) is 9.98 Å². The van der Waals surface area contributed by atoms with Gasteiger partial charge in [-0.2, -0.15) is 5.10 Å². The number of benzene rings is 1. The third kappa shape index (κ3) is 6.57. The fourth-order valence-electron chi connectivity index (χ4n) is 4.45. The molecule has 192 valence electrons. The predicted octanol–water partition coefficient (Wildman–Crippen LogP) is 6.77. The molecule has 0 radical (unpaired) electrons. The van der Waals surface area contributed by atoms with E-state index in [1.165, 1.54) is 22.9 Å². The SMILES string of the molecule is C=N/C=C\C=C/Cc1cccc(NC2CC3=C(c4ccn(C(C)F)n4)CN=C(C(=C)S/C=C\C)N3C2)c1. The van der Waals surface area contributed by atoms with Crippen molar-refractivity contribution in [1.82, 2.24) is 14.7 Å². The molecule has 37 heavy (non-hydrogen) atoms. The van der Waals surface area contributed by atoms with Crippen molar-refractivity contribution in [2.75, 3.05) is 18.4 Å². The minimum Gasteiger partial charge on any atom is -0.380 e. The molecule has 6 nitrogen and oxygen atoms in total. The summed E-state index contributed by atoms with van der Waals surface area (Å²) in [5, 5.41) is 10.2. The van der Waals surface area contributed by atoms with Crippen molar-refractivity contribution in [3.63, 3.8) is 0 Å². The monoisotopic (exact) mass is 516 g/mol. The zero-order valence-corrected chi connectivity index (χ0v) is 22.2. The van der Waals surface area contributed by atoms with Crippen LogP contribution in [-0.2, 0) is 6.42 Å². The highest BCUT2D eigenvalue weighted by molar-refractivity contribution is 8.06. The number of anilines is 1. The number of hydrogen-bond donors (Lipinski definition) is 1. The van der Waals surface area contributed by atoms with Gasteiger partial charge in [0, 0.05) is 53.3 Å². The van der Waals surface area contributed by atoms with E-state index in [2.05, 4.69) is 63.9 Å². The Bertz CT molecular complexity index is 1280. The minimum atomic E-state index is -1.18. The van der Waals surface area contributed by atoms with Crippen LogP contribution < -0.4 is 5.32 Å². The number of allylic oxidation sites excluding steroid dienone is 4. The van der Waals surface area contributed by atoms with Crippen LogP contribution in [0.3, 0.4) is 0 Å². The van der Waals surface area contributed by atoms with E-state index in [9.17, 15) is 4.39 Å². The van der Waals surface area contributed by atoms with Gasteiger partial charge < -0.3 is 10.2 Å². The van der Waals surface area contributed by atoms with Crippen LogP contribution in [0.15, 0.2) is 99.6 Å². The number of aliphatic imine (C=N–C) groups is 2. The maximum Gasteiger partial charge on any atom is 0.188 e. The van der Waals surface area contributed by atoms with Gasteiger partial charge in [-0.1, -0.05) is 48.7 Å². The molecule has 3 heterocycles. The van der Waals surface area contributed by atoms with E-state index in [1.54, 1.807) is 24.2 Å². The van der Waals surface area contributed by atoms with Crippen molar-refractivity contribution in [3.8, 4) is 0 Å². The molecule has 2 atom stereocenters. The maximum atomic E-state index is 13.8. The van der Waals surface area contributed by atoms with Crippen molar-refractivity contribution >= 4 is 35.6 Å². The smallest absolute Gasteiger partial charge is 0.188 e. The lowest BCUT2D eigenvalue weighted by Gasteiger charge is -2.28. The molecule has 1 aromatic heterocycles. The molecule has 2 aliphatic heterocycles. The third-order valence-electron chi connectivity index (χ3n) is 6.13. The molecular formula is C29H33FN6S. The highest BCUT2D eigenvalue weighted by atomic mass is 32.2. The summed E-state index contributed by atoms with van der Waals surface area (Å²) in [5.41, 5.74) is 5.29. The molecule has 1 fully saturated rings. The first-order chi connectivity index (χ1) is 18.0. The highest BCUT2D eigenvalue weighted by Gasteiger charge is 2.36. The van der Waals surface area contributed by atoms with Gasteiger partial charge in [0.25, 0.3) is 0 Å². The Labute approximate surface area is 222 Å². The number of thioether (sulfide) groups is 1. The van der Waals surface area contributed by atoms with Crippen LogP contribution in [0.1, 0.15) is 37.8 Å². The zero-order valence-electron chi connectivity index (χ0n) is 21.3. The minimum absolute atomic E-state index is 0.183. The van der Waals surface area contributed by atoms with E-state index in [4.69, 9.17) is 4.99 Å². The molecule has 0 amide bonds. The summed E-state index contributed by atoms with van der Waals surface area (Å²) in [6.45, 7) is 12.4. The van der Waals surface area contributed by atoms with Crippen LogP contribution in [-0.4, -0.2) is 46.4 Å². The number of rotatable bonds is 11. The number of halogens is 1. The Morgan fingerprint density at radius 1 is 1.35 bits per heavy atom. The number of alkyl halides is 1. The van der Waals surface area contributed by atoms with Crippen LogP contribution >= 0.6 is 11.8 Å². The van der Waals surface area contributed by atoms with Gasteiger partial charge in [-0.3, -0.25) is 9.98 Å². The van der Waals surface area contributed by atoms with Crippen LogP contribution in [0, 0.1) is 0 Å². The predicted molar refractivity (Wildman–Crippen MR) is 156 cm³/mol. The lowest BCUT2D eigenvalue weighted by molar-refractivity contribution is 0.245. The van der Waals surface area contributed by atoms with Crippen LogP contribution in [0.25, 0.3) is 5.57 Å². The third-order valence-corrected chi connectivity index (χ3v) is 7.00. The van der Waals surface area contributed by atoms with Gasteiger partial charge in [-0.25, -0.2) is 9.07 Å². The maximum absolute atomic E-state index is 13.8. The van der Waals surface area contributed by atoms with Gasteiger partial charge in [-0.05, 0) is 62.2 Å². The molecule has 2 aromatic rings. The lowest BCUT2D eigenvalue weighted by atomic mass is 10.1. The number of hydrogen-bond acceptors (Lipinski definition) is 6. The molecule has 0 spiro atoms. The number of aromatic nitrogens is 2. The summed E-state index contributed by atoms with van der Waals surface area (Å²) in [5.74, 6) is 0.894. The summed E-state index contributed by atoms with van der Waals surface area (Å²) < 4.78 is 15.2. The largest absolute Gasteiger partial charge is 0.380 e. The van der Waals surface area contributed by atoms with Crippen LogP contribution in [0.2, 0.25) is 0 Å². The Morgan fingerprint density at radius 2 is 2.22 bits per heavy atom. The van der Waals surface area contributed by atoms with Crippen molar-refractivity contribution < 1.29 is 4.39 Å². The van der Waals surface area contributed by atoms with E-state index >= 15 is 0 Å². The fourth-order valence-corrected chi connectivity index (χ4v) is 5.03. The number of amidine groups is 1. The molecule has 0 saturated carbocycles. The number of nitrogens with zero attached hydrogens (tertiary/aromatic N) is 5. The summed E-state index contributed by atoms with van der Waals surface area (Å²) >= 11 is 1.58. The van der Waals surface area contributed by atoms with Crippen molar-refractivity contribution in [1.29, 1.82) is 0 Å². The molecule has 2 aliphatic rings. The normalized spacial score (nSPS) is 18.6. The Hall–Kier alpha value is -3.65. The standard InChI is InChI=1S/C29H33FN6S/c1-5-16-37-21(2)29-32-19-26(27-13-15-36(34-27)22(3)30)28-18-25(20-35(28)29)33-24-12-9-11-23(17-24)10-7-6-8-14-31-4/h5-9,11-17,22,25,33H,2,4,10,18-20H2,1,3H3/b7-6-,14-8-,16-5-. The number of fused-ring (bicyclic) bond motifs is 1. The molecule has 0 bridgehead atoms. The van der Waals surface area contributed by atoms with E-state index in [0.29, 0.717) is 6.54 Å². The quantitative estimate of drug-likeness (QED) is 0.264. The Balaban J connectivity index is 1.55. The summed E-state index contributed by atoms with van der Waals surface area (Å²) in [7, 11) is 0. The average molecular weight is 517 g/mol. The van der Waals surface area contributed by atoms with Gasteiger partial charge in [0.2, 0.25) is 0 Å².